The van der Waals surface area contributed by atoms with Crippen LogP contribution in [0.4, 0.5) is 0 Å². The van der Waals surface area contributed by atoms with Gasteiger partial charge >= 0.3 is 35.8 Å². The van der Waals surface area contributed by atoms with Crippen LogP contribution in [-0.2, 0) is 38.5 Å². The second-order valence-electron chi connectivity index (χ2n) is 4.04. The Morgan fingerprint density at radius 2 is 0.654 bits per heavy atom. The van der Waals surface area contributed by atoms with Gasteiger partial charge in [-0.15, -0.1) is 0 Å². The quantitative estimate of drug-likeness (QED) is 0.108. The van der Waals surface area contributed by atoms with Crippen LogP contribution in [0.5, 0.6) is 0 Å². The SMILES string of the molecule is O=C(O)C(C(=O)O)C(C(=O)O)C(=O)O.O=C(O)C(OO)C(OO)C(=O)O. The van der Waals surface area contributed by atoms with Crippen LogP contribution in [0.15, 0.2) is 0 Å². The summed E-state index contributed by atoms with van der Waals surface area (Å²) in [6.07, 6.45) is -4.35. The van der Waals surface area contributed by atoms with Crippen molar-refractivity contribution in [1.82, 2.24) is 0 Å². The third-order valence-electron chi connectivity index (χ3n) is 2.39. The van der Waals surface area contributed by atoms with E-state index in [1.807, 2.05) is 0 Å². The molecule has 0 radical (unpaired) electrons. The van der Waals surface area contributed by atoms with Gasteiger partial charge in [-0.05, 0) is 0 Å². The largest absolute Gasteiger partial charge is 0.481 e. The fraction of sp³-hybridized carbons (Fsp3) is 0.400. The van der Waals surface area contributed by atoms with Crippen LogP contribution in [0.1, 0.15) is 0 Å². The van der Waals surface area contributed by atoms with Gasteiger partial charge in [-0.3, -0.25) is 29.7 Å². The minimum atomic E-state index is -2.50. The van der Waals surface area contributed by atoms with Crippen LogP contribution in [0.3, 0.4) is 0 Å². The topological polar surface area (TPSA) is 283 Å². The van der Waals surface area contributed by atoms with Gasteiger partial charge in [0.1, 0.15) is 0 Å². The summed E-state index contributed by atoms with van der Waals surface area (Å²) in [7, 11) is 0. The summed E-state index contributed by atoms with van der Waals surface area (Å²) < 4.78 is 0. The Labute approximate surface area is 140 Å². The normalized spacial score (nSPS) is 12.5. The van der Waals surface area contributed by atoms with Crippen molar-refractivity contribution < 1.29 is 79.7 Å². The highest BCUT2D eigenvalue weighted by Crippen LogP contribution is 2.13. The van der Waals surface area contributed by atoms with Gasteiger partial charge in [0.25, 0.3) is 0 Å². The van der Waals surface area contributed by atoms with Crippen LogP contribution in [0, 0.1) is 11.8 Å². The van der Waals surface area contributed by atoms with Crippen molar-refractivity contribution in [3.05, 3.63) is 0 Å². The fourth-order valence-electron chi connectivity index (χ4n) is 1.24. The first-order chi connectivity index (χ1) is 11.8. The molecule has 0 aromatic heterocycles. The van der Waals surface area contributed by atoms with Crippen LogP contribution in [0.2, 0.25) is 0 Å². The number of hydrogen-bond acceptors (Lipinski definition) is 10. The Bertz CT molecular complexity index is 487. The number of carbonyl (C=O) groups is 6. The highest BCUT2D eigenvalue weighted by Gasteiger charge is 2.44. The third-order valence-corrected chi connectivity index (χ3v) is 2.39. The lowest BCUT2D eigenvalue weighted by Crippen LogP contribution is -2.42. The maximum absolute atomic E-state index is 10.3. The highest BCUT2D eigenvalue weighted by molar-refractivity contribution is 6.05. The van der Waals surface area contributed by atoms with Gasteiger partial charge in [-0.2, -0.15) is 0 Å². The summed E-state index contributed by atoms with van der Waals surface area (Å²) in [5.74, 6) is -16.6. The van der Waals surface area contributed by atoms with E-state index >= 15 is 0 Å². The van der Waals surface area contributed by atoms with Gasteiger partial charge in [0.05, 0.1) is 0 Å². The molecule has 0 saturated carbocycles. The second-order valence-corrected chi connectivity index (χ2v) is 4.04. The van der Waals surface area contributed by atoms with Gasteiger partial charge in [0, 0.05) is 0 Å². The summed E-state index contributed by atoms with van der Waals surface area (Å²) in [4.78, 5) is 67.8. The van der Waals surface area contributed by atoms with Crippen LogP contribution >= 0.6 is 0 Å². The molecular weight excluding hydrogens is 376 g/mol. The number of aliphatic carboxylic acids is 6. The number of carboxylic acids is 6. The molecule has 0 aliphatic heterocycles. The minimum Gasteiger partial charge on any atom is -0.481 e. The molecule has 0 fully saturated rings. The van der Waals surface area contributed by atoms with Gasteiger partial charge in [-0.25, -0.2) is 19.4 Å². The molecule has 8 N–H and O–H groups in total. The monoisotopic (exact) mass is 388 g/mol. The van der Waals surface area contributed by atoms with Crippen LogP contribution in [0.25, 0.3) is 0 Å². The van der Waals surface area contributed by atoms with Crippen molar-refractivity contribution in [2.24, 2.45) is 11.8 Å². The maximum Gasteiger partial charge on any atom is 0.339 e. The van der Waals surface area contributed by atoms with Crippen molar-refractivity contribution in [2.75, 3.05) is 0 Å². The predicted octanol–water partition coefficient (Wildman–Crippen LogP) is -2.57. The van der Waals surface area contributed by atoms with E-state index < -0.39 is 59.9 Å². The Kier molecular flexibility index (Phi) is 10.8. The van der Waals surface area contributed by atoms with Gasteiger partial charge < -0.3 is 30.6 Å². The van der Waals surface area contributed by atoms with Gasteiger partial charge in [0.15, 0.2) is 11.8 Å². The lowest BCUT2D eigenvalue weighted by molar-refractivity contribution is -0.343. The molecule has 0 amide bonds. The zero-order valence-electron chi connectivity index (χ0n) is 12.2. The van der Waals surface area contributed by atoms with E-state index in [-0.39, 0.29) is 0 Å². The first-order valence-corrected chi connectivity index (χ1v) is 5.80. The predicted molar refractivity (Wildman–Crippen MR) is 67.8 cm³/mol. The average molecular weight is 388 g/mol. The van der Waals surface area contributed by atoms with Crippen molar-refractivity contribution in [1.29, 1.82) is 0 Å². The highest BCUT2D eigenvalue weighted by atomic mass is 17.1. The smallest absolute Gasteiger partial charge is 0.339 e. The van der Waals surface area contributed by atoms with Crippen molar-refractivity contribution >= 4 is 35.8 Å². The first kappa shape index (κ1) is 24.9. The van der Waals surface area contributed by atoms with E-state index in [1.54, 1.807) is 0 Å². The summed E-state index contributed by atoms with van der Waals surface area (Å²) in [6, 6.07) is 0. The Balaban J connectivity index is 0. The standard InChI is InChI=1S/C6H6O8.C4H6O8/c7-3(8)1(4(9)10)2(5(11)12)6(13)14;5-3(6)1(11-9)2(12-10)4(7)8/h1-2H,(H,7,8)(H,9,10)(H,11,12)(H,13,14);1-2,9-10H,(H,5,6)(H,7,8). The summed E-state index contributed by atoms with van der Waals surface area (Å²) in [5, 5.41) is 65.4. The molecule has 2 unspecified atom stereocenters. The number of rotatable bonds is 10. The molecule has 0 heterocycles. The Hall–Kier alpha value is -3.34. The van der Waals surface area contributed by atoms with Crippen LogP contribution < -0.4 is 0 Å². The number of carboxylic acid groups (broad SMARTS) is 6. The molecule has 16 heteroatoms. The molecular formula is C10H12O16. The summed E-state index contributed by atoms with van der Waals surface area (Å²) in [6.45, 7) is 0. The zero-order valence-corrected chi connectivity index (χ0v) is 12.2. The van der Waals surface area contributed by atoms with Crippen molar-refractivity contribution in [3.63, 3.8) is 0 Å². The molecule has 0 rings (SSSR count). The van der Waals surface area contributed by atoms with E-state index in [0.29, 0.717) is 0 Å². The van der Waals surface area contributed by atoms with Gasteiger partial charge in [-0.1, -0.05) is 0 Å². The van der Waals surface area contributed by atoms with E-state index in [9.17, 15) is 28.8 Å². The molecule has 0 bridgehead atoms. The molecule has 0 aliphatic carbocycles. The fourth-order valence-corrected chi connectivity index (χ4v) is 1.24. The Morgan fingerprint density at radius 1 is 0.462 bits per heavy atom. The zero-order chi connectivity index (χ0) is 21.2. The van der Waals surface area contributed by atoms with E-state index in [4.69, 9.17) is 41.2 Å². The number of hydrogen-bond donors (Lipinski definition) is 8. The molecule has 16 nitrogen and oxygen atoms in total. The van der Waals surface area contributed by atoms with Crippen molar-refractivity contribution in [2.45, 2.75) is 12.2 Å². The Morgan fingerprint density at radius 3 is 0.731 bits per heavy atom. The molecule has 148 valence electrons. The van der Waals surface area contributed by atoms with E-state index in [2.05, 4.69) is 9.78 Å². The average Bonchev–Trinajstić information content (AvgIpc) is 2.47. The lowest BCUT2D eigenvalue weighted by Gasteiger charge is -2.13. The van der Waals surface area contributed by atoms with Crippen LogP contribution in [-0.4, -0.2) is 89.2 Å². The van der Waals surface area contributed by atoms with Gasteiger partial charge in [0.2, 0.25) is 12.2 Å². The third kappa shape index (κ3) is 7.49. The molecule has 0 aliphatic rings. The molecule has 0 spiro atoms. The molecule has 2 atom stereocenters. The van der Waals surface area contributed by atoms with Crippen molar-refractivity contribution in [3.8, 4) is 0 Å². The van der Waals surface area contributed by atoms with E-state index in [0.717, 1.165) is 0 Å². The first-order valence-electron chi connectivity index (χ1n) is 5.80. The molecule has 26 heavy (non-hydrogen) atoms. The summed E-state index contributed by atoms with van der Waals surface area (Å²) in [5.41, 5.74) is 0. The summed E-state index contributed by atoms with van der Waals surface area (Å²) >= 11 is 0. The second kappa shape index (κ2) is 11.3. The maximum atomic E-state index is 10.3. The lowest BCUT2D eigenvalue weighted by atomic mass is 9.93. The molecule has 0 saturated heterocycles. The molecule has 0 aromatic carbocycles. The minimum absolute atomic E-state index is 1.78. The molecule has 0 aromatic rings. The van der Waals surface area contributed by atoms with E-state index in [1.165, 1.54) is 0 Å².